The summed E-state index contributed by atoms with van der Waals surface area (Å²) in [6.45, 7) is 11.4. The molecule has 0 saturated heterocycles. The van der Waals surface area contributed by atoms with E-state index in [4.69, 9.17) is 0 Å². The maximum absolute atomic E-state index is 9.36. The Morgan fingerprint density at radius 1 is 1.07 bits per heavy atom. The maximum atomic E-state index is 9.36. The van der Waals surface area contributed by atoms with Crippen LogP contribution in [0.1, 0.15) is 47.0 Å². The summed E-state index contributed by atoms with van der Waals surface area (Å²) in [6, 6.07) is 0.370. The molecular formula is C12H27NO. The summed E-state index contributed by atoms with van der Waals surface area (Å²) in [6.07, 6.45) is 3.46. The summed E-state index contributed by atoms with van der Waals surface area (Å²) >= 11 is 0. The van der Waals surface area contributed by atoms with E-state index < -0.39 is 0 Å². The predicted octanol–water partition coefficient (Wildman–Crippen LogP) is 2.52. The molecule has 1 atom stereocenters. The lowest BCUT2D eigenvalue weighted by molar-refractivity contribution is 0.107. The largest absolute Gasteiger partial charge is 0.395 e. The minimum absolute atomic E-state index is 0.304. The first-order valence-electron chi connectivity index (χ1n) is 6.00. The van der Waals surface area contributed by atoms with E-state index in [0.717, 1.165) is 19.5 Å². The van der Waals surface area contributed by atoms with Gasteiger partial charge in [-0.25, -0.2) is 0 Å². The van der Waals surface area contributed by atoms with Crippen molar-refractivity contribution in [3.63, 3.8) is 0 Å². The van der Waals surface area contributed by atoms with E-state index in [1.807, 2.05) is 0 Å². The average Bonchev–Trinajstić information content (AvgIpc) is 2.13. The molecule has 0 aliphatic rings. The van der Waals surface area contributed by atoms with Gasteiger partial charge in [-0.1, -0.05) is 27.7 Å². The molecule has 14 heavy (non-hydrogen) atoms. The van der Waals surface area contributed by atoms with Gasteiger partial charge in [0.05, 0.1) is 6.61 Å². The van der Waals surface area contributed by atoms with Crippen LogP contribution in [-0.2, 0) is 0 Å². The van der Waals surface area contributed by atoms with E-state index in [2.05, 4.69) is 32.6 Å². The summed E-state index contributed by atoms with van der Waals surface area (Å²) in [5, 5.41) is 9.36. The van der Waals surface area contributed by atoms with Crippen molar-refractivity contribution in [2.45, 2.75) is 53.0 Å². The second-order valence-electron chi connectivity index (χ2n) is 4.50. The normalized spacial score (nSPS) is 13.9. The molecule has 0 fully saturated rings. The van der Waals surface area contributed by atoms with Gasteiger partial charge in [-0.15, -0.1) is 0 Å². The topological polar surface area (TPSA) is 23.5 Å². The lowest BCUT2D eigenvalue weighted by Gasteiger charge is -2.31. The third-order valence-corrected chi connectivity index (χ3v) is 2.49. The Labute approximate surface area is 89.3 Å². The molecule has 0 aromatic rings. The van der Waals surface area contributed by atoms with E-state index in [1.165, 1.54) is 12.8 Å². The van der Waals surface area contributed by atoms with E-state index in [0.29, 0.717) is 18.6 Å². The van der Waals surface area contributed by atoms with Crippen molar-refractivity contribution in [1.29, 1.82) is 0 Å². The fraction of sp³-hybridized carbons (Fsp3) is 1.00. The summed E-state index contributed by atoms with van der Waals surface area (Å²) in [4.78, 5) is 2.43. The van der Waals surface area contributed by atoms with Gasteiger partial charge in [-0.05, 0) is 38.3 Å². The number of hydrogen-bond acceptors (Lipinski definition) is 2. The SMILES string of the molecule is CCCN(CCC)C(CO)CC(C)C. The minimum atomic E-state index is 0.304. The summed E-state index contributed by atoms with van der Waals surface area (Å²) in [5.41, 5.74) is 0. The van der Waals surface area contributed by atoms with E-state index in [1.54, 1.807) is 0 Å². The second kappa shape index (κ2) is 8.25. The van der Waals surface area contributed by atoms with Crippen LogP contribution in [0.25, 0.3) is 0 Å². The molecule has 86 valence electrons. The lowest BCUT2D eigenvalue weighted by Crippen LogP contribution is -2.39. The predicted molar refractivity (Wildman–Crippen MR) is 62.5 cm³/mol. The Hall–Kier alpha value is -0.0800. The number of aliphatic hydroxyl groups excluding tert-OH is 1. The van der Waals surface area contributed by atoms with Gasteiger partial charge in [-0.2, -0.15) is 0 Å². The Kier molecular flexibility index (Phi) is 8.20. The van der Waals surface area contributed by atoms with Gasteiger partial charge in [0.25, 0.3) is 0 Å². The smallest absolute Gasteiger partial charge is 0.0586 e. The number of hydrogen-bond donors (Lipinski definition) is 1. The van der Waals surface area contributed by atoms with Gasteiger partial charge in [0, 0.05) is 6.04 Å². The van der Waals surface area contributed by atoms with E-state index in [9.17, 15) is 5.11 Å². The zero-order chi connectivity index (χ0) is 11.0. The highest BCUT2D eigenvalue weighted by molar-refractivity contribution is 4.71. The van der Waals surface area contributed by atoms with Crippen LogP contribution in [-0.4, -0.2) is 35.7 Å². The Morgan fingerprint density at radius 2 is 1.57 bits per heavy atom. The molecular weight excluding hydrogens is 174 g/mol. The van der Waals surface area contributed by atoms with Crippen molar-refractivity contribution < 1.29 is 5.11 Å². The average molecular weight is 201 g/mol. The first kappa shape index (κ1) is 13.9. The molecule has 2 nitrogen and oxygen atoms in total. The Balaban J connectivity index is 4.10. The molecule has 0 aliphatic carbocycles. The lowest BCUT2D eigenvalue weighted by atomic mass is 10.0. The minimum Gasteiger partial charge on any atom is -0.395 e. The van der Waals surface area contributed by atoms with Crippen LogP contribution in [0.5, 0.6) is 0 Å². The first-order chi connectivity index (χ1) is 6.65. The fourth-order valence-corrected chi connectivity index (χ4v) is 1.93. The summed E-state index contributed by atoms with van der Waals surface area (Å²) in [7, 11) is 0. The molecule has 0 heterocycles. The first-order valence-corrected chi connectivity index (χ1v) is 6.00. The van der Waals surface area contributed by atoms with Crippen molar-refractivity contribution in [3.8, 4) is 0 Å². The third-order valence-electron chi connectivity index (χ3n) is 2.49. The standard InChI is InChI=1S/C12H27NO/c1-5-7-13(8-6-2)12(10-14)9-11(3)4/h11-12,14H,5-10H2,1-4H3. The molecule has 0 aromatic carbocycles. The van der Waals surface area contributed by atoms with Crippen LogP contribution in [0.3, 0.4) is 0 Å². The molecule has 0 aromatic heterocycles. The molecule has 1 unspecified atom stereocenters. The summed E-state index contributed by atoms with van der Waals surface area (Å²) < 4.78 is 0. The molecule has 0 saturated carbocycles. The van der Waals surface area contributed by atoms with Gasteiger partial charge in [0.15, 0.2) is 0 Å². The van der Waals surface area contributed by atoms with Crippen molar-refractivity contribution in [1.82, 2.24) is 4.90 Å². The second-order valence-corrected chi connectivity index (χ2v) is 4.50. The molecule has 0 bridgehead atoms. The van der Waals surface area contributed by atoms with Gasteiger partial charge in [0.2, 0.25) is 0 Å². The molecule has 0 rings (SSSR count). The van der Waals surface area contributed by atoms with Gasteiger partial charge >= 0.3 is 0 Å². The highest BCUT2D eigenvalue weighted by atomic mass is 16.3. The van der Waals surface area contributed by atoms with Crippen LogP contribution in [0.2, 0.25) is 0 Å². The zero-order valence-corrected chi connectivity index (χ0v) is 10.3. The van der Waals surface area contributed by atoms with Crippen molar-refractivity contribution in [2.24, 2.45) is 5.92 Å². The van der Waals surface area contributed by atoms with Crippen LogP contribution in [0.15, 0.2) is 0 Å². The quantitative estimate of drug-likeness (QED) is 0.652. The van der Waals surface area contributed by atoms with Crippen molar-refractivity contribution in [2.75, 3.05) is 19.7 Å². The van der Waals surface area contributed by atoms with Crippen molar-refractivity contribution >= 4 is 0 Å². The monoisotopic (exact) mass is 201 g/mol. The summed E-state index contributed by atoms with van der Waals surface area (Å²) in [5.74, 6) is 0.670. The van der Waals surface area contributed by atoms with Crippen LogP contribution >= 0.6 is 0 Å². The van der Waals surface area contributed by atoms with Crippen molar-refractivity contribution in [3.05, 3.63) is 0 Å². The maximum Gasteiger partial charge on any atom is 0.0586 e. The Morgan fingerprint density at radius 3 is 1.86 bits per heavy atom. The highest BCUT2D eigenvalue weighted by Gasteiger charge is 2.16. The number of rotatable bonds is 8. The Bertz CT molecular complexity index is 119. The van der Waals surface area contributed by atoms with Gasteiger partial charge in [-0.3, -0.25) is 4.90 Å². The highest BCUT2D eigenvalue weighted by Crippen LogP contribution is 2.12. The molecule has 1 N–H and O–H groups in total. The fourth-order valence-electron chi connectivity index (χ4n) is 1.93. The van der Waals surface area contributed by atoms with Gasteiger partial charge in [0.1, 0.15) is 0 Å². The molecule has 2 heteroatoms. The number of nitrogens with zero attached hydrogens (tertiary/aromatic N) is 1. The van der Waals surface area contributed by atoms with Crippen LogP contribution in [0.4, 0.5) is 0 Å². The van der Waals surface area contributed by atoms with Crippen LogP contribution in [0, 0.1) is 5.92 Å². The van der Waals surface area contributed by atoms with E-state index in [-0.39, 0.29) is 0 Å². The zero-order valence-electron chi connectivity index (χ0n) is 10.3. The molecule has 0 aliphatic heterocycles. The van der Waals surface area contributed by atoms with Crippen LogP contribution < -0.4 is 0 Å². The number of aliphatic hydroxyl groups is 1. The van der Waals surface area contributed by atoms with E-state index >= 15 is 0 Å². The van der Waals surface area contributed by atoms with Gasteiger partial charge < -0.3 is 5.11 Å². The molecule has 0 spiro atoms. The molecule has 0 amide bonds. The third kappa shape index (κ3) is 5.61. The molecule has 0 radical (unpaired) electrons.